The number of guanidine groups is 1. The molecule has 0 fully saturated rings. The van der Waals surface area contributed by atoms with Crippen LogP contribution in [0.1, 0.15) is 62.3 Å². The van der Waals surface area contributed by atoms with Crippen molar-refractivity contribution in [2.75, 3.05) is 19.7 Å². The molecule has 2 atom stereocenters. The van der Waals surface area contributed by atoms with E-state index in [9.17, 15) is 28.8 Å². The molecule has 0 spiro atoms. The van der Waals surface area contributed by atoms with Gasteiger partial charge in [0.25, 0.3) is 0 Å². The first kappa shape index (κ1) is 50.2. The molecule has 4 amide bonds. The summed E-state index contributed by atoms with van der Waals surface area (Å²) >= 11 is 0. The molecule has 4 rings (SSSR count). The topological polar surface area (TPSA) is 200 Å². The Morgan fingerprint density at radius 3 is 1.58 bits per heavy atom. The molecule has 0 radical (unpaired) electrons. The lowest BCUT2D eigenvalue weighted by Gasteiger charge is -2.35. The van der Waals surface area contributed by atoms with Crippen LogP contribution in [0.15, 0.2) is 139 Å². The van der Waals surface area contributed by atoms with Gasteiger partial charge in [0.05, 0.1) is 6.42 Å². The molecule has 0 bridgehead atoms. The number of esters is 2. The van der Waals surface area contributed by atoms with Gasteiger partial charge in [-0.15, -0.1) is 0 Å². The molecule has 0 saturated heterocycles. The number of hydrogen-bond acceptors (Lipinski definition) is 12. The number of alkyl carbamates (subject to hydrolysis) is 3. The van der Waals surface area contributed by atoms with E-state index in [1.54, 1.807) is 118 Å². The van der Waals surface area contributed by atoms with Crippen molar-refractivity contribution in [2.24, 2.45) is 4.99 Å². The van der Waals surface area contributed by atoms with Crippen LogP contribution in [-0.4, -0.2) is 84.4 Å². The predicted octanol–water partition coefficient (Wildman–Crippen LogP) is 7.17. The standard InChI is InChI=1S/C49H57N5O11/c1-5-31-61-42(55)28-30-54(41(44(57)65-49(2,3)4)32-36-19-10-6-11-20-36)43(56)40(51-46(58)62-33-37-21-12-7-13-22-37)27-18-29-50-45(52-47(59)63-34-38-23-14-8-15-24-38)53-48(60)64-35-39-25-16-9-17-26-39/h5-17,19-26,40-41H,1,18,27-35H2,2-4H3,(H,51,58)(H2,50,52,53,59,60)/t40-,41-/m0/s1. The fraction of sp³-hybridized carbons (Fsp3) is 0.327. The first-order chi connectivity index (χ1) is 31.3. The third kappa shape index (κ3) is 19.6. The van der Waals surface area contributed by atoms with Gasteiger partial charge in [-0.3, -0.25) is 25.2 Å². The molecular formula is C49H57N5O11. The number of amides is 4. The Hall–Kier alpha value is -7.49. The number of ether oxygens (including phenoxy) is 5. The van der Waals surface area contributed by atoms with Gasteiger partial charge in [0, 0.05) is 19.5 Å². The number of carbonyl (C=O) groups excluding carboxylic acids is 6. The Balaban J connectivity index is 1.61. The summed E-state index contributed by atoms with van der Waals surface area (Å²) in [4.78, 5) is 86.5. The van der Waals surface area contributed by atoms with Gasteiger partial charge in [-0.05, 0) is 55.9 Å². The van der Waals surface area contributed by atoms with Gasteiger partial charge < -0.3 is 33.9 Å². The molecule has 4 aromatic rings. The fourth-order valence-electron chi connectivity index (χ4n) is 6.06. The molecule has 344 valence electrons. The molecule has 0 aliphatic rings. The molecule has 16 heteroatoms. The summed E-state index contributed by atoms with van der Waals surface area (Å²) in [6, 6.07) is 33.2. The van der Waals surface area contributed by atoms with E-state index in [0.29, 0.717) is 11.1 Å². The molecule has 0 aliphatic carbocycles. The van der Waals surface area contributed by atoms with Crippen LogP contribution in [0, 0.1) is 0 Å². The maximum Gasteiger partial charge on any atom is 0.414 e. The van der Waals surface area contributed by atoms with Gasteiger partial charge in [0.15, 0.2) is 0 Å². The highest BCUT2D eigenvalue weighted by atomic mass is 16.6. The van der Waals surface area contributed by atoms with Crippen molar-refractivity contribution in [1.82, 2.24) is 20.9 Å². The van der Waals surface area contributed by atoms with Crippen molar-refractivity contribution in [3.05, 3.63) is 156 Å². The highest BCUT2D eigenvalue weighted by Gasteiger charge is 2.37. The van der Waals surface area contributed by atoms with Gasteiger partial charge >= 0.3 is 30.2 Å². The minimum Gasteiger partial charge on any atom is -0.461 e. The number of rotatable bonds is 21. The van der Waals surface area contributed by atoms with E-state index < -0.39 is 53.8 Å². The molecule has 0 unspecified atom stereocenters. The minimum absolute atomic E-state index is 0.0140. The average molecular weight is 892 g/mol. The third-order valence-electron chi connectivity index (χ3n) is 9.12. The van der Waals surface area contributed by atoms with E-state index in [4.69, 9.17) is 23.7 Å². The summed E-state index contributed by atoms with van der Waals surface area (Å²) in [5.41, 5.74) is 1.91. The van der Waals surface area contributed by atoms with Crippen molar-refractivity contribution < 1.29 is 52.5 Å². The van der Waals surface area contributed by atoms with Crippen LogP contribution < -0.4 is 16.0 Å². The maximum absolute atomic E-state index is 14.9. The Morgan fingerprint density at radius 1 is 0.662 bits per heavy atom. The second kappa shape index (κ2) is 26.9. The van der Waals surface area contributed by atoms with Crippen molar-refractivity contribution in [3.63, 3.8) is 0 Å². The van der Waals surface area contributed by atoms with Crippen LogP contribution in [0.2, 0.25) is 0 Å². The molecule has 16 nitrogen and oxygen atoms in total. The largest absolute Gasteiger partial charge is 0.461 e. The van der Waals surface area contributed by atoms with Gasteiger partial charge in [-0.1, -0.05) is 134 Å². The quantitative estimate of drug-likeness (QED) is 0.0191. The smallest absolute Gasteiger partial charge is 0.414 e. The Kier molecular flexibility index (Phi) is 20.7. The first-order valence-corrected chi connectivity index (χ1v) is 21.1. The Morgan fingerprint density at radius 2 is 1.12 bits per heavy atom. The fourth-order valence-corrected chi connectivity index (χ4v) is 6.06. The van der Waals surface area contributed by atoms with Crippen LogP contribution in [0.5, 0.6) is 0 Å². The van der Waals surface area contributed by atoms with E-state index in [-0.39, 0.29) is 71.2 Å². The van der Waals surface area contributed by atoms with Crippen LogP contribution in [0.3, 0.4) is 0 Å². The van der Waals surface area contributed by atoms with E-state index in [1.165, 1.54) is 11.0 Å². The van der Waals surface area contributed by atoms with E-state index in [1.807, 2.05) is 24.3 Å². The van der Waals surface area contributed by atoms with Gasteiger partial charge in [-0.25, -0.2) is 19.2 Å². The molecule has 65 heavy (non-hydrogen) atoms. The summed E-state index contributed by atoms with van der Waals surface area (Å²) < 4.78 is 27.2. The number of aliphatic imine (C=N–C) groups is 1. The first-order valence-electron chi connectivity index (χ1n) is 21.1. The van der Waals surface area contributed by atoms with Crippen LogP contribution in [0.4, 0.5) is 14.4 Å². The molecule has 3 N–H and O–H groups in total. The molecule has 0 saturated carbocycles. The molecule has 4 aromatic carbocycles. The minimum atomic E-state index is -1.34. The van der Waals surface area contributed by atoms with Crippen LogP contribution in [0.25, 0.3) is 0 Å². The number of hydrogen-bond donors (Lipinski definition) is 3. The molecular weight excluding hydrogens is 835 g/mol. The highest BCUT2D eigenvalue weighted by Crippen LogP contribution is 2.19. The van der Waals surface area contributed by atoms with Crippen molar-refractivity contribution in [2.45, 2.75) is 84.0 Å². The van der Waals surface area contributed by atoms with Crippen molar-refractivity contribution in [3.8, 4) is 0 Å². The Labute approximate surface area is 379 Å². The average Bonchev–Trinajstić information content (AvgIpc) is 3.30. The Bertz CT molecular complexity index is 2110. The number of nitrogens with one attached hydrogen (secondary N) is 3. The second-order valence-electron chi connectivity index (χ2n) is 15.5. The van der Waals surface area contributed by atoms with Gasteiger partial charge in [0.2, 0.25) is 11.9 Å². The highest BCUT2D eigenvalue weighted by molar-refractivity contribution is 6.01. The van der Waals surface area contributed by atoms with Crippen molar-refractivity contribution in [1.29, 1.82) is 0 Å². The maximum atomic E-state index is 14.9. The summed E-state index contributed by atoms with van der Waals surface area (Å²) in [7, 11) is 0. The summed E-state index contributed by atoms with van der Waals surface area (Å²) in [6.07, 6.45) is -1.65. The monoisotopic (exact) mass is 891 g/mol. The lowest BCUT2D eigenvalue weighted by molar-refractivity contribution is -0.166. The van der Waals surface area contributed by atoms with Crippen molar-refractivity contribution >= 4 is 42.1 Å². The SMILES string of the molecule is C=CCOC(=O)CCN(C(=O)[C@H](CCCN=C(NC(=O)OCc1ccccc1)NC(=O)OCc1ccccc1)NC(=O)OCc1ccccc1)[C@@H](Cc1ccccc1)C(=O)OC(C)(C)C. The zero-order valence-electron chi connectivity index (χ0n) is 36.9. The number of benzene rings is 4. The van der Waals surface area contributed by atoms with Crippen LogP contribution >= 0.6 is 0 Å². The summed E-state index contributed by atoms with van der Waals surface area (Å²) in [5.74, 6) is -2.40. The molecule has 0 aromatic heterocycles. The number of carbonyl (C=O) groups is 6. The third-order valence-corrected chi connectivity index (χ3v) is 9.12. The summed E-state index contributed by atoms with van der Waals surface area (Å²) in [6.45, 7) is 7.97. The normalized spacial score (nSPS) is 11.6. The van der Waals surface area contributed by atoms with Crippen LogP contribution in [-0.2, 0) is 64.3 Å². The second-order valence-corrected chi connectivity index (χ2v) is 15.5. The van der Waals surface area contributed by atoms with E-state index in [0.717, 1.165) is 11.1 Å². The van der Waals surface area contributed by atoms with E-state index in [2.05, 4.69) is 27.5 Å². The number of nitrogens with zero attached hydrogens (tertiary/aromatic N) is 2. The zero-order valence-corrected chi connectivity index (χ0v) is 36.9. The van der Waals surface area contributed by atoms with Gasteiger partial charge in [-0.2, -0.15) is 0 Å². The van der Waals surface area contributed by atoms with E-state index >= 15 is 0 Å². The zero-order chi connectivity index (χ0) is 46.9. The lowest BCUT2D eigenvalue weighted by Crippen LogP contribution is -2.56. The molecule has 0 aliphatic heterocycles. The lowest BCUT2D eigenvalue weighted by atomic mass is 10.0. The summed E-state index contributed by atoms with van der Waals surface area (Å²) in [5, 5.41) is 7.51. The molecule has 0 heterocycles. The predicted molar refractivity (Wildman–Crippen MR) is 242 cm³/mol. The van der Waals surface area contributed by atoms with Gasteiger partial charge in [0.1, 0.15) is 44.1 Å².